The van der Waals surface area contributed by atoms with Gasteiger partial charge in [-0.15, -0.1) is 0 Å². The second kappa shape index (κ2) is 5.52. The van der Waals surface area contributed by atoms with Gasteiger partial charge in [-0.1, -0.05) is 54.1 Å². The van der Waals surface area contributed by atoms with E-state index in [0.717, 1.165) is 17.2 Å². The van der Waals surface area contributed by atoms with Crippen molar-refractivity contribution in [2.75, 3.05) is 0 Å². The number of hydrogen-bond acceptors (Lipinski definition) is 1. The molecule has 2 aromatic rings. The number of benzene rings is 2. The first-order valence-corrected chi connectivity index (χ1v) is 5.80. The molecule has 0 saturated carbocycles. The summed E-state index contributed by atoms with van der Waals surface area (Å²) in [5.41, 5.74) is 2.78. The van der Waals surface area contributed by atoms with Gasteiger partial charge in [0.2, 0.25) is 0 Å². The summed E-state index contributed by atoms with van der Waals surface area (Å²) in [4.78, 5) is 10.4. The van der Waals surface area contributed by atoms with Gasteiger partial charge in [0.05, 0.1) is 0 Å². The van der Waals surface area contributed by atoms with Crippen molar-refractivity contribution in [2.45, 2.75) is 0 Å². The van der Waals surface area contributed by atoms with Crippen LogP contribution in [0.1, 0.15) is 5.56 Å². The van der Waals surface area contributed by atoms with Crippen LogP contribution in [0.3, 0.4) is 0 Å². The normalized spacial score (nSPS) is 10.7. The number of carboxylic acid groups (broad SMARTS) is 1. The lowest BCUT2D eigenvalue weighted by molar-refractivity contribution is -0.131. The highest BCUT2D eigenvalue weighted by molar-refractivity contribution is 6.32. The zero-order valence-electron chi connectivity index (χ0n) is 9.51. The molecule has 2 nitrogen and oxygen atoms in total. The molecule has 2 rings (SSSR count). The molecule has 0 atom stereocenters. The standard InChI is InChI=1S/C15H11ClO2/c16-14-10-13(11-4-2-1-3-5-11)7-6-12(14)8-9-15(17)18/h1-10H,(H,17,18). The smallest absolute Gasteiger partial charge is 0.328 e. The Kier molecular flexibility index (Phi) is 3.80. The minimum atomic E-state index is -0.988. The average Bonchev–Trinajstić information content (AvgIpc) is 2.38. The summed E-state index contributed by atoms with van der Waals surface area (Å²) < 4.78 is 0. The Hall–Kier alpha value is -2.06. The maximum Gasteiger partial charge on any atom is 0.328 e. The minimum Gasteiger partial charge on any atom is -0.478 e. The van der Waals surface area contributed by atoms with Crippen molar-refractivity contribution in [1.82, 2.24) is 0 Å². The van der Waals surface area contributed by atoms with Gasteiger partial charge in [0.1, 0.15) is 0 Å². The van der Waals surface area contributed by atoms with E-state index in [9.17, 15) is 4.79 Å². The Balaban J connectivity index is 2.34. The third-order valence-electron chi connectivity index (χ3n) is 2.51. The first kappa shape index (κ1) is 12.4. The van der Waals surface area contributed by atoms with E-state index in [-0.39, 0.29) is 0 Å². The van der Waals surface area contributed by atoms with E-state index in [1.54, 1.807) is 0 Å². The third kappa shape index (κ3) is 2.99. The predicted octanol–water partition coefficient (Wildman–Crippen LogP) is 4.10. The van der Waals surface area contributed by atoms with E-state index < -0.39 is 5.97 Å². The van der Waals surface area contributed by atoms with Crippen LogP contribution in [0.2, 0.25) is 5.02 Å². The molecule has 2 aromatic carbocycles. The molecule has 0 saturated heterocycles. The van der Waals surface area contributed by atoms with E-state index in [4.69, 9.17) is 16.7 Å². The van der Waals surface area contributed by atoms with Crippen molar-refractivity contribution >= 4 is 23.6 Å². The highest BCUT2D eigenvalue weighted by atomic mass is 35.5. The van der Waals surface area contributed by atoms with E-state index in [0.29, 0.717) is 10.6 Å². The molecule has 0 aliphatic heterocycles. The summed E-state index contributed by atoms with van der Waals surface area (Å²) in [5.74, 6) is -0.988. The van der Waals surface area contributed by atoms with Gasteiger partial charge >= 0.3 is 5.97 Å². The molecule has 0 aromatic heterocycles. The number of halogens is 1. The van der Waals surface area contributed by atoms with Gasteiger partial charge in [0.25, 0.3) is 0 Å². The highest BCUT2D eigenvalue weighted by Crippen LogP contribution is 2.26. The summed E-state index contributed by atoms with van der Waals surface area (Å²) in [6, 6.07) is 15.4. The number of carbonyl (C=O) groups is 1. The zero-order valence-corrected chi connectivity index (χ0v) is 10.3. The molecule has 0 spiro atoms. The quantitative estimate of drug-likeness (QED) is 0.842. The van der Waals surface area contributed by atoms with Gasteiger partial charge < -0.3 is 5.11 Å². The second-order valence-electron chi connectivity index (χ2n) is 3.77. The van der Waals surface area contributed by atoms with Crippen molar-refractivity contribution in [2.24, 2.45) is 0 Å². The zero-order chi connectivity index (χ0) is 13.0. The Morgan fingerprint density at radius 3 is 2.39 bits per heavy atom. The highest BCUT2D eigenvalue weighted by Gasteiger charge is 2.01. The van der Waals surface area contributed by atoms with Gasteiger partial charge in [0, 0.05) is 11.1 Å². The summed E-state index contributed by atoms with van der Waals surface area (Å²) in [5, 5.41) is 9.10. The molecule has 0 aliphatic rings. The fourth-order valence-corrected chi connectivity index (χ4v) is 1.88. The van der Waals surface area contributed by atoms with Crippen molar-refractivity contribution < 1.29 is 9.90 Å². The van der Waals surface area contributed by atoms with Crippen LogP contribution in [0.25, 0.3) is 17.2 Å². The molecule has 1 N–H and O–H groups in total. The van der Waals surface area contributed by atoms with Crippen LogP contribution in [-0.4, -0.2) is 11.1 Å². The maximum absolute atomic E-state index is 10.4. The van der Waals surface area contributed by atoms with Gasteiger partial charge in [-0.05, 0) is 28.8 Å². The van der Waals surface area contributed by atoms with Gasteiger partial charge in [-0.25, -0.2) is 4.79 Å². The van der Waals surface area contributed by atoms with Crippen LogP contribution < -0.4 is 0 Å². The number of carboxylic acids is 1. The van der Waals surface area contributed by atoms with Crippen molar-refractivity contribution in [1.29, 1.82) is 0 Å². The predicted molar refractivity (Wildman–Crippen MR) is 73.6 cm³/mol. The Morgan fingerprint density at radius 2 is 1.78 bits per heavy atom. The summed E-state index contributed by atoms with van der Waals surface area (Å²) in [7, 11) is 0. The third-order valence-corrected chi connectivity index (χ3v) is 2.84. The van der Waals surface area contributed by atoms with E-state index in [1.807, 2.05) is 48.5 Å². The van der Waals surface area contributed by atoms with Crippen LogP contribution in [0.5, 0.6) is 0 Å². The Morgan fingerprint density at radius 1 is 1.06 bits per heavy atom. The van der Waals surface area contributed by atoms with Crippen molar-refractivity contribution in [3.8, 4) is 11.1 Å². The van der Waals surface area contributed by atoms with Crippen LogP contribution in [0.4, 0.5) is 0 Å². The number of hydrogen-bond donors (Lipinski definition) is 1. The average molecular weight is 259 g/mol. The fraction of sp³-hybridized carbons (Fsp3) is 0. The Bertz CT molecular complexity index is 589. The fourth-order valence-electron chi connectivity index (χ4n) is 1.63. The molecule has 0 heterocycles. The molecule has 0 unspecified atom stereocenters. The molecule has 0 aliphatic carbocycles. The van der Waals surface area contributed by atoms with Gasteiger partial charge in [-0.2, -0.15) is 0 Å². The molecule has 90 valence electrons. The van der Waals surface area contributed by atoms with Crippen LogP contribution in [0.15, 0.2) is 54.6 Å². The van der Waals surface area contributed by atoms with Crippen molar-refractivity contribution in [3.05, 3.63) is 65.2 Å². The largest absolute Gasteiger partial charge is 0.478 e. The van der Waals surface area contributed by atoms with E-state index in [2.05, 4.69) is 0 Å². The summed E-state index contributed by atoms with van der Waals surface area (Å²) >= 11 is 6.12. The van der Waals surface area contributed by atoms with E-state index in [1.165, 1.54) is 6.08 Å². The first-order valence-electron chi connectivity index (χ1n) is 5.43. The molecule has 0 bridgehead atoms. The van der Waals surface area contributed by atoms with E-state index >= 15 is 0 Å². The molecule has 3 heteroatoms. The molecular formula is C15H11ClO2. The lowest BCUT2D eigenvalue weighted by Crippen LogP contribution is -1.86. The second-order valence-corrected chi connectivity index (χ2v) is 4.18. The molecule has 0 amide bonds. The minimum absolute atomic E-state index is 0.536. The van der Waals surface area contributed by atoms with Gasteiger partial charge in [-0.3, -0.25) is 0 Å². The summed E-state index contributed by atoms with van der Waals surface area (Å²) in [6.07, 6.45) is 2.56. The topological polar surface area (TPSA) is 37.3 Å². The lowest BCUT2D eigenvalue weighted by atomic mass is 10.0. The lowest BCUT2D eigenvalue weighted by Gasteiger charge is -2.04. The number of rotatable bonds is 3. The molecular weight excluding hydrogens is 248 g/mol. The van der Waals surface area contributed by atoms with Gasteiger partial charge in [0.15, 0.2) is 0 Å². The van der Waals surface area contributed by atoms with Crippen molar-refractivity contribution in [3.63, 3.8) is 0 Å². The maximum atomic E-state index is 10.4. The van der Waals surface area contributed by atoms with Crippen LogP contribution in [0, 0.1) is 0 Å². The summed E-state index contributed by atoms with van der Waals surface area (Å²) in [6.45, 7) is 0. The molecule has 18 heavy (non-hydrogen) atoms. The Labute approximate surface area is 110 Å². The van der Waals surface area contributed by atoms with Crippen LogP contribution >= 0.6 is 11.6 Å². The molecule has 0 fully saturated rings. The first-order chi connectivity index (χ1) is 8.66. The monoisotopic (exact) mass is 258 g/mol. The van der Waals surface area contributed by atoms with Crippen LogP contribution in [-0.2, 0) is 4.79 Å². The number of aliphatic carboxylic acids is 1. The molecule has 0 radical (unpaired) electrons. The SMILES string of the molecule is O=C(O)C=Cc1ccc(-c2ccccc2)cc1Cl.